The van der Waals surface area contributed by atoms with E-state index in [2.05, 4.69) is 48.3 Å². The van der Waals surface area contributed by atoms with E-state index in [1.807, 2.05) is 35.7 Å². The van der Waals surface area contributed by atoms with Gasteiger partial charge in [-0.3, -0.25) is 4.98 Å². The molecule has 0 bridgehead atoms. The van der Waals surface area contributed by atoms with Gasteiger partial charge in [0.15, 0.2) is 0 Å². The molecule has 1 unspecified atom stereocenters. The first-order valence-corrected chi connectivity index (χ1v) is 12.7. The Morgan fingerprint density at radius 1 is 1.21 bits per heavy atom. The number of nitrogens with zero attached hydrogens (tertiary/aromatic N) is 3. The Morgan fingerprint density at radius 3 is 2.79 bits per heavy atom. The highest BCUT2D eigenvalue weighted by molar-refractivity contribution is 7.12. The Morgan fingerprint density at radius 2 is 2.03 bits per heavy atom. The number of ether oxygens (including phenoxy) is 1. The largest absolute Gasteiger partial charge is 0.497 e. The van der Waals surface area contributed by atoms with Gasteiger partial charge in [-0.2, -0.15) is 0 Å². The summed E-state index contributed by atoms with van der Waals surface area (Å²) in [6.07, 6.45) is 7.30. The fourth-order valence-corrected chi connectivity index (χ4v) is 5.72. The second-order valence-corrected chi connectivity index (χ2v) is 10.3. The summed E-state index contributed by atoms with van der Waals surface area (Å²) in [5.41, 5.74) is 3.71. The van der Waals surface area contributed by atoms with Gasteiger partial charge in [0.05, 0.1) is 23.2 Å². The molecule has 5 rings (SSSR count). The lowest BCUT2D eigenvalue weighted by Crippen LogP contribution is -2.52. The van der Waals surface area contributed by atoms with Crippen LogP contribution in [0.15, 0.2) is 42.6 Å². The van der Waals surface area contributed by atoms with Crippen LogP contribution in [0.4, 0.5) is 0 Å². The van der Waals surface area contributed by atoms with E-state index in [0.717, 1.165) is 55.7 Å². The summed E-state index contributed by atoms with van der Waals surface area (Å²) in [5, 5.41) is 7.26. The number of thiazole rings is 1. The number of halogens is 1. The van der Waals surface area contributed by atoms with Crippen molar-refractivity contribution in [3.8, 4) is 5.75 Å². The first-order valence-electron chi connectivity index (χ1n) is 11.9. The molecule has 1 saturated heterocycles. The number of nitrogens with one attached hydrogen (secondary N) is 1. The summed E-state index contributed by atoms with van der Waals surface area (Å²) in [6, 6.07) is 13.1. The molecule has 1 atom stereocenters. The molecule has 2 aromatic heterocycles. The van der Waals surface area contributed by atoms with E-state index in [4.69, 9.17) is 14.7 Å². The van der Waals surface area contributed by atoms with Crippen LogP contribution in [0, 0.1) is 0 Å². The molecule has 34 heavy (non-hydrogen) atoms. The van der Waals surface area contributed by atoms with Crippen LogP contribution in [-0.4, -0.2) is 47.7 Å². The minimum atomic E-state index is 0. The molecule has 1 fully saturated rings. The van der Waals surface area contributed by atoms with Crippen LogP contribution in [0.3, 0.4) is 0 Å². The standard InChI is InChI=1S/C27H32N4OS.ClH/c1-18(2)27-30-25-23(33-27)13-9-20-5-4-14-29-24(20)26(25)31-16-15-28-21(17-31)10-6-19-7-11-22(32-3)12-8-19;/h4-5,7-9,11-12,14,18,21,28H,6,10,13,15-17H2,1-3H3;1H. The molecule has 0 radical (unpaired) electrons. The minimum absolute atomic E-state index is 0. The monoisotopic (exact) mass is 496 g/mol. The van der Waals surface area contributed by atoms with Crippen LogP contribution in [0.2, 0.25) is 0 Å². The van der Waals surface area contributed by atoms with Gasteiger partial charge in [0.25, 0.3) is 0 Å². The van der Waals surface area contributed by atoms with E-state index in [-0.39, 0.29) is 12.4 Å². The van der Waals surface area contributed by atoms with Gasteiger partial charge in [0, 0.05) is 49.1 Å². The van der Waals surface area contributed by atoms with E-state index in [9.17, 15) is 0 Å². The summed E-state index contributed by atoms with van der Waals surface area (Å²) in [7, 11) is 1.71. The van der Waals surface area contributed by atoms with Crippen LogP contribution in [0.1, 0.15) is 47.3 Å². The van der Waals surface area contributed by atoms with Crippen molar-refractivity contribution in [1.29, 1.82) is 0 Å². The van der Waals surface area contributed by atoms with Gasteiger partial charge >= 0.3 is 0 Å². The topological polar surface area (TPSA) is 50.3 Å². The fraction of sp³-hybridized carbons (Fsp3) is 0.407. The highest BCUT2D eigenvalue weighted by atomic mass is 35.5. The van der Waals surface area contributed by atoms with E-state index in [1.54, 1.807) is 7.11 Å². The molecular formula is C27H33ClN4OS. The molecule has 1 aliphatic carbocycles. The van der Waals surface area contributed by atoms with Gasteiger partial charge in [-0.25, -0.2) is 4.98 Å². The smallest absolute Gasteiger partial charge is 0.118 e. The van der Waals surface area contributed by atoms with Gasteiger partial charge in [-0.1, -0.05) is 38.1 Å². The van der Waals surface area contributed by atoms with Crippen molar-refractivity contribution in [2.24, 2.45) is 0 Å². The van der Waals surface area contributed by atoms with Crippen molar-refractivity contribution in [2.45, 2.75) is 45.1 Å². The van der Waals surface area contributed by atoms with Gasteiger partial charge in [-0.15, -0.1) is 23.7 Å². The number of hydrogen-bond acceptors (Lipinski definition) is 6. The Balaban J connectivity index is 0.00000274. The van der Waals surface area contributed by atoms with Crippen molar-refractivity contribution >= 4 is 35.5 Å². The number of benzene rings is 1. The predicted molar refractivity (Wildman–Crippen MR) is 142 cm³/mol. The summed E-state index contributed by atoms with van der Waals surface area (Å²) in [5.74, 6) is 1.35. The molecule has 3 aromatic rings. The molecule has 0 saturated carbocycles. The summed E-state index contributed by atoms with van der Waals surface area (Å²) < 4.78 is 5.29. The highest BCUT2D eigenvalue weighted by Gasteiger charge is 2.27. The highest BCUT2D eigenvalue weighted by Crippen LogP contribution is 2.31. The maximum atomic E-state index is 5.29. The summed E-state index contributed by atoms with van der Waals surface area (Å²) in [6.45, 7) is 7.37. The fourth-order valence-electron chi connectivity index (χ4n) is 4.69. The minimum Gasteiger partial charge on any atom is -0.497 e. The van der Waals surface area contributed by atoms with Crippen molar-refractivity contribution in [1.82, 2.24) is 20.2 Å². The van der Waals surface area contributed by atoms with Gasteiger partial charge in [0.2, 0.25) is 0 Å². The molecule has 5 nitrogen and oxygen atoms in total. The Hall–Kier alpha value is -2.41. The summed E-state index contributed by atoms with van der Waals surface area (Å²) >= 11 is 1.86. The van der Waals surface area contributed by atoms with E-state index < -0.39 is 0 Å². The first kappa shape index (κ1) is 24.7. The molecule has 180 valence electrons. The number of fused-ring (bicyclic) bond motifs is 2. The van der Waals surface area contributed by atoms with Gasteiger partial charge in [0.1, 0.15) is 11.4 Å². The molecule has 0 amide bonds. The van der Waals surface area contributed by atoms with Gasteiger partial charge in [-0.05, 0) is 41.8 Å². The molecule has 2 aliphatic rings. The van der Waals surface area contributed by atoms with Crippen LogP contribution >= 0.6 is 23.7 Å². The molecular weight excluding hydrogens is 464 g/mol. The zero-order valence-corrected chi connectivity index (χ0v) is 21.7. The number of methoxy groups -OCH3 is 1. The van der Waals surface area contributed by atoms with E-state index >= 15 is 0 Å². The maximum absolute atomic E-state index is 5.29. The Bertz CT molecular complexity index is 1240. The zero-order chi connectivity index (χ0) is 22.8. The molecule has 0 spiro atoms. The van der Waals surface area contributed by atoms with Crippen LogP contribution < -0.4 is 20.6 Å². The molecule has 1 N–H and O–H groups in total. The van der Waals surface area contributed by atoms with Crippen LogP contribution in [0.25, 0.3) is 11.8 Å². The van der Waals surface area contributed by atoms with Crippen molar-refractivity contribution in [3.05, 3.63) is 74.3 Å². The van der Waals surface area contributed by atoms with Gasteiger partial charge < -0.3 is 15.0 Å². The molecule has 1 aliphatic heterocycles. The SMILES string of the molecule is COc1ccc(CCC2CN(C3=c4ncccc4=CCc4sc(C(C)C)nc43)CCN2)cc1.Cl. The lowest BCUT2D eigenvalue weighted by atomic mass is 10.0. The van der Waals surface area contributed by atoms with Crippen LogP contribution in [0.5, 0.6) is 5.75 Å². The van der Waals surface area contributed by atoms with Crippen molar-refractivity contribution in [3.63, 3.8) is 0 Å². The van der Waals surface area contributed by atoms with Crippen molar-refractivity contribution < 1.29 is 4.74 Å². The number of hydrogen-bond donors (Lipinski definition) is 1. The maximum Gasteiger partial charge on any atom is 0.118 e. The third-order valence-corrected chi connectivity index (χ3v) is 7.89. The predicted octanol–water partition coefficient (Wildman–Crippen LogP) is 3.49. The average molecular weight is 497 g/mol. The Labute approximate surface area is 212 Å². The zero-order valence-electron chi connectivity index (χ0n) is 20.1. The lowest BCUT2D eigenvalue weighted by Gasteiger charge is -2.36. The van der Waals surface area contributed by atoms with E-state index in [1.165, 1.54) is 26.4 Å². The van der Waals surface area contributed by atoms with Crippen LogP contribution in [-0.2, 0) is 12.8 Å². The number of pyridine rings is 1. The average Bonchev–Trinajstić information content (AvgIpc) is 3.20. The number of aryl methyl sites for hydroxylation is 1. The molecule has 7 heteroatoms. The lowest BCUT2D eigenvalue weighted by molar-refractivity contribution is 0.267. The third kappa shape index (κ3) is 5.14. The quantitative estimate of drug-likeness (QED) is 0.566. The second-order valence-electron chi connectivity index (χ2n) is 9.16. The number of aromatic nitrogens is 2. The normalized spacial score (nSPS) is 17.4. The van der Waals surface area contributed by atoms with E-state index in [0.29, 0.717) is 12.0 Å². The number of rotatable bonds is 6. The number of piperazine rings is 1. The Kier molecular flexibility index (Phi) is 7.91. The first-order chi connectivity index (χ1) is 16.1. The third-order valence-electron chi connectivity index (χ3n) is 6.51. The molecule has 1 aromatic carbocycles. The summed E-state index contributed by atoms with van der Waals surface area (Å²) in [4.78, 5) is 13.9. The second kappa shape index (κ2) is 10.9. The molecule has 3 heterocycles. The van der Waals surface area contributed by atoms with Crippen molar-refractivity contribution in [2.75, 3.05) is 26.7 Å².